The Hall–Kier alpha value is -0.840. The van der Waals surface area contributed by atoms with Crippen LogP contribution in [0.25, 0.3) is 0 Å². The van der Waals surface area contributed by atoms with E-state index in [2.05, 4.69) is 51.6 Å². The fourth-order valence-corrected chi connectivity index (χ4v) is 3.81. The molecule has 0 radical (unpaired) electrons. The molecule has 4 heteroatoms. The number of rotatable bonds is 5. The summed E-state index contributed by atoms with van der Waals surface area (Å²) in [5.74, 6) is 1.05. The monoisotopic (exact) mass is 337 g/mol. The van der Waals surface area contributed by atoms with Crippen LogP contribution in [0.4, 0.5) is 0 Å². The molecule has 19 heavy (non-hydrogen) atoms. The van der Waals surface area contributed by atoms with Gasteiger partial charge < -0.3 is 10.1 Å². The van der Waals surface area contributed by atoms with Crippen LogP contribution in [0, 0.1) is 0 Å². The van der Waals surface area contributed by atoms with Crippen LogP contribution in [-0.4, -0.2) is 19.2 Å². The topological polar surface area (TPSA) is 21.3 Å². The fraction of sp³-hybridized carbons (Fsp3) is 0.333. The Morgan fingerprint density at radius 2 is 2.16 bits per heavy atom. The fourth-order valence-electron chi connectivity index (χ4n) is 2.33. The summed E-state index contributed by atoms with van der Waals surface area (Å²) in [4.78, 5) is 1.41. The van der Waals surface area contributed by atoms with E-state index in [-0.39, 0.29) is 6.10 Å². The maximum absolute atomic E-state index is 5.90. The van der Waals surface area contributed by atoms with Gasteiger partial charge in [0.05, 0.1) is 3.79 Å². The van der Waals surface area contributed by atoms with E-state index < -0.39 is 0 Å². The van der Waals surface area contributed by atoms with Crippen molar-refractivity contribution >= 4 is 27.3 Å². The zero-order chi connectivity index (χ0) is 13.1. The molecule has 0 spiro atoms. The van der Waals surface area contributed by atoms with Crippen LogP contribution in [0.1, 0.15) is 10.4 Å². The van der Waals surface area contributed by atoms with Crippen molar-refractivity contribution in [2.45, 2.75) is 18.9 Å². The van der Waals surface area contributed by atoms with Crippen molar-refractivity contribution in [2.24, 2.45) is 0 Å². The highest BCUT2D eigenvalue weighted by Crippen LogP contribution is 2.27. The zero-order valence-corrected chi connectivity index (χ0v) is 13.0. The van der Waals surface area contributed by atoms with Gasteiger partial charge in [0.15, 0.2) is 0 Å². The van der Waals surface area contributed by atoms with Crippen molar-refractivity contribution in [1.82, 2.24) is 5.32 Å². The molecule has 1 aliphatic rings. The van der Waals surface area contributed by atoms with E-state index in [0.29, 0.717) is 0 Å². The Morgan fingerprint density at radius 1 is 1.26 bits per heavy atom. The van der Waals surface area contributed by atoms with E-state index in [1.807, 2.05) is 6.07 Å². The Bertz CT molecular complexity index is 530. The average molecular weight is 338 g/mol. The van der Waals surface area contributed by atoms with E-state index in [4.69, 9.17) is 4.74 Å². The van der Waals surface area contributed by atoms with E-state index >= 15 is 0 Å². The molecule has 0 amide bonds. The van der Waals surface area contributed by atoms with Crippen LogP contribution in [0.3, 0.4) is 0 Å². The molecule has 100 valence electrons. The number of ether oxygens (including phenoxy) is 1. The van der Waals surface area contributed by atoms with Gasteiger partial charge in [0.25, 0.3) is 0 Å². The van der Waals surface area contributed by atoms with Crippen molar-refractivity contribution < 1.29 is 4.74 Å². The average Bonchev–Trinajstić information content (AvgIpc) is 3.00. The smallest absolute Gasteiger partial charge is 0.123 e. The van der Waals surface area contributed by atoms with E-state index in [0.717, 1.165) is 31.7 Å². The highest BCUT2D eigenvalue weighted by molar-refractivity contribution is 9.11. The van der Waals surface area contributed by atoms with Gasteiger partial charge in [0, 0.05) is 24.4 Å². The second kappa shape index (κ2) is 6.07. The van der Waals surface area contributed by atoms with Gasteiger partial charge in [-0.15, -0.1) is 11.3 Å². The maximum atomic E-state index is 5.90. The summed E-state index contributed by atoms with van der Waals surface area (Å²) >= 11 is 5.30. The van der Waals surface area contributed by atoms with Gasteiger partial charge >= 0.3 is 0 Å². The second-order valence-electron chi connectivity index (χ2n) is 4.71. The van der Waals surface area contributed by atoms with E-state index in [1.54, 1.807) is 11.3 Å². The first-order valence-electron chi connectivity index (χ1n) is 6.51. The molecule has 1 aliphatic heterocycles. The summed E-state index contributed by atoms with van der Waals surface area (Å²) in [6.45, 7) is 1.92. The molecule has 3 rings (SSSR count). The van der Waals surface area contributed by atoms with E-state index in [1.165, 1.54) is 14.2 Å². The van der Waals surface area contributed by atoms with Crippen LogP contribution in [-0.2, 0) is 12.8 Å². The minimum Gasteiger partial charge on any atom is -0.488 e. The summed E-state index contributed by atoms with van der Waals surface area (Å²) in [5, 5.41) is 3.49. The summed E-state index contributed by atoms with van der Waals surface area (Å²) < 4.78 is 7.10. The standard InChI is InChI=1S/C15H16BrNOS/c16-15-6-5-13(19-15)7-8-17-10-12-9-11-3-1-2-4-14(11)18-12/h1-6,12,17H,7-10H2. The molecule has 2 nitrogen and oxygen atoms in total. The van der Waals surface area contributed by atoms with Crippen molar-refractivity contribution in [3.05, 3.63) is 50.6 Å². The van der Waals surface area contributed by atoms with E-state index in [9.17, 15) is 0 Å². The first-order valence-corrected chi connectivity index (χ1v) is 8.12. The molecule has 0 bridgehead atoms. The Morgan fingerprint density at radius 3 is 2.95 bits per heavy atom. The molecule has 0 saturated heterocycles. The van der Waals surface area contributed by atoms with Crippen LogP contribution in [0.15, 0.2) is 40.2 Å². The number of thiophene rings is 1. The third-order valence-electron chi connectivity index (χ3n) is 3.26. The van der Waals surface area contributed by atoms with Gasteiger partial charge in [-0.1, -0.05) is 18.2 Å². The number of hydrogen-bond donors (Lipinski definition) is 1. The minimum absolute atomic E-state index is 0.285. The molecule has 1 aromatic heterocycles. The zero-order valence-electron chi connectivity index (χ0n) is 10.6. The lowest BCUT2D eigenvalue weighted by Crippen LogP contribution is -2.31. The molecular weight excluding hydrogens is 322 g/mol. The number of benzene rings is 1. The second-order valence-corrected chi connectivity index (χ2v) is 7.26. The largest absolute Gasteiger partial charge is 0.488 e. The number of para-hydroxylation sites is 1. The maximum Gasteiger partial charge on any atom is 0.123 e. The Labute approximate surface area is 125 Å². The van der Waals surface area contributed by atoms with Crippen molar-refractivity contribution in [1.29, 1.82) is 0 Å². The van der Waals surface area contributed by atoms with Crippen molar-refractivity contribution in [3.8, 4) is 5.75 Å². The molecule has 1 aromatic carbocycles. The predicted molar refractivity (Wildman–Crippen MR) is 83.2 cm³/mol. The highest BCUT2D eigenvalue weighted by Gasteiger charge is 2.21. The molecule has 0 aliphatic carbocycles. The lowest BCUT2D eigenvalue weighted by Gasteiger charge is -2.11. The van der Waals surface area contributed by atoms with Crippen LogP contribution < -0.4 is 10.1 Å². The van der Waals surface area contributed by atoms with Gasteiger partial charge in [0.1, 0.15) is 11.9 Å². The van der Waals surface area contributed by atoms with Gasteiger partial charge in [-0.25, -0.2) is 0 Å². The third-order valence-corrected chi connectivity index (χ3v) is 4.95. The summed E-state index contributed by atoms with van der Waals surface area (Å²) in [6, 6.07) is 12.6. The van der Waals surface area contributed by atoms with Gasteiger partial charge in [-0.3, -0.25) is 0 Å². The van der Waals surface area contributed by atoms with Gasteiger partial charge in [0.2, 0.25) is 0 Å². The number of halogens is 1. The molecule has 1 atom stereocenters. The number of hydrogen-bond acceptors (Lipinski definition) is 3. The normalized spacial score (nSPS) is 17.2. The first-order chi connectivity index (χ1) is 9.31. The first kappa shape index (κ1) is 13.2. The summed E-state index contributed by atoms with van der Waals surface area (Å²) in [7, 11) is 0. The van der Waals surface area contributed by atoms with Crippen LogP contribution in [0.2, 0.25) is 0 Å². The number of nitrogens with one attached hydrogen (secondary N) is 1. The third kappa shape index (κ3) is 3.38. The van der Waals surface area contributed by atoms with Crippen molar-refractivity contribution in [2.75, 3.05) is 13.1 Å². The highest BCUT2D eigenvalue weighted by atomic mass is 79.9. The SMILES string of the molecule is Brc1ccc(CCNCC2Cc3ccccc3O2)s1. The number of fused-ring (bicyclic) bond motifs is 1. The quantitative estimate of drug-likeness (QED) is 0.841. The summed E-state index contributed by atoms with van der Waals surface area (Å²) in [5.41, 5.74) is 1.33. The lowest BCUT2D eigenvalue weighted by molar-refractivity contribution is 0.228. The lowest BCUT2D eigenvalue weighted by atomic mass is 10.1. The molecule has 1 unspecified atom stereocenters. The van der Waals surface area contributed by atoms with Crippen LogP contribution >= 0.6 is 27.3 Å². The Balaban J connectivity index is 1.40. The molecule has 2 heterocycles. The molecule has 2 aromatic rings. The molecule has 1 N–H and O–H groups in total. The minimum atomic E-state index is 0.285. The van der Waals surface area contributed by atoms with Crippen molar-refractivity contribution in [3.63, 3.8) is 0 Å². The molecular formula is C15H16BrNOS. The summed E-state index contributed by atoms with van der Waals surface area (Å²) in [6.07, 6.45) is 2.39. The Kier molecular flexibility index (Phi) is 4.21. The van der Waals surface area contributed by atoms with Gasteiger partial charge in [-0.2, -0.15) is 0 Å². The molecule has 0 fully saturated rings. The van der Waals surface area contributed by atoms with Gasteiger partial charge in [-0.05, 0) is 46.1 Å². The van der Waals surface area contributed by atoms with Crippen LogP contribution in [0.5, 0.6) is 5.75 Å². The predicted octanol–water partition coefficient (Wildman–Crippen LogP) is 3.65. The molecule has 0 saturated carbocycles.